The Bertz CT molecular complexity index is 945. The van der Waals surface area contributed by atoms with Crippen LogP contribution in [0, 0.1) is 0 Å². The Morgan fingerprint density at radius 1 is 1.21 bits per heavy atom. The number of amides is 1. The summed E-state index contributed by atoms with van der Waals surface area (Å²) in [6.07, 6.45) is 1.31. The van der Waals surface area contributed by atoms with Gasteiger partial charge in [0.25, 0.3) is 5.91 Å². The molecular weight excluding hydrogens is 398 g/mol. The van der Waals surface area contributed by atoms with Crippen LogP contribution in [0.3, 0.4) is 0 Å². The molecule has 0 spiro atoms. The highest BCUT2D eigenvalue weighted by molar-refractivity contribution is 7.91. The van der Waals surface area contributed by atoms with Gasteiger partial charge in [-0.05, 0) is 42.7 Å². The minimum Gasteiger partial charge on any atom is -0.494 e. The van der Waals surface area contributed by atoms with Crippen molar-refractivity contribution in [3.8, 4) is 5.75 Å². The lowest BCUT2D eigenvalue weighted by atomic mass is 10.1. The third-order valence-corrected chi connectivity index (χ3v) is 6.88. The van der Waals surface area contributed by atoms with Crippen LogP contribution in [0.2, 0.25) is 5.02 Å². The molecule has 2 aromatic carbocycles. The molecule has 1 aliphatic heterocycles. The summed E-state index contributed by atoms with van der Waals surface area (Å²) in [7, 11) is -3.13. The van der Waals surface area contributed by atoms with Crippen LogP contribution in [0.15, 0.2) is 48.5 Å². The maximum atomic E-state index is 13.3. The van der Waals surface area contributed by atoms with E-state index in [2.05, 4.69) is 0 Å². The van der Waals surface area contributed by atoms with Crippen LogP contribution in [0.25, 0.3) is 0 Å². The predicted molar refractivity (Wildman–Crippen MR) is 111 cm³/mol. The summed E-state index contributed by atoms with van der Waals surface area (Å²) >= 11 is 6.29. The van der Waals surface area contributed by atoms with Gasteiger partial charge in [-0.25, -0.2) is 8.42 Å². The van der Waals surface area contributed by atoms with Crippen LogP contribution in [0.1, 0.15) is 35.7 Å². The molecular formula is C21H24ClNO4S. The van der Waals surface area contributed by atoms with E-state index in [1.807, 2.05) is 31.2 Å². The van der Waals surface area contributed by atoms with Crippen molar-refractivity contribution in [1.82, 2.24) is 4.90 Å². The second-order valence-electron chi connectivity index (χ2n) is 6.96. The van der Waals surface area contributed by atoms with Gasteiger partial charge in [0.2, 0.25) is 0 Å². The molecule has 0 bridgehead atoms. The summed E-state index contributed by atoms with van der Waals surface area (Å²) in [5, 5.41) is 0.557. The largest absolute Gasteiger partial charge is 0.494 e. The van der Waals surface area contributed by atoms with Gasteiger partial charge in [0, 0.05) is 23.2 Å². The van der Waals surface area contributed by atoms with E-state index in [4.69, 9.17) is 16.3 Å². The summed E-state index contributed by atoms with van der Waals surface area (Å²) in [6.45, 7) is 2.85. The van der Waals surface area contributed by atoms with E-state index in [-0.39, 0.29) is 30.0 Å². The lowest BCUT2D eigenvalue weighted by Gasteiger charge is -2.29. The van der Waals surface area contributed by atoms with Gasteiger partial charge in [-0.2, -0.15) is 0 Å². The van der Waals surface area contributed by atoms with Gasteiger partial charge < -0.3 is 9.64 Å². The van der Waals surface area contributed by atoms with Crippen LogP contribution in [0.5, 0.6) is 5.75 Å². The maximum absolute atomic E-state index is 13.3. The fraction of sp³-hybridized carbons (Fsp3) is 0.381. The SMILES string of the molecule is CCCOc1cccc(C(=O)N(Cc2ccccc2Cl)C2CCS(=O)(=O)C2)c1. The zero-order valence-corrected chi connectivity index (χ0v) is 17.4. The number of rotatable bonds is 7. The van der Waals surface area contributed by atoms with Crippen molar-refractivity contribution in [3.05, 3.63) is 64.7 Å². The van der Waals surface area contributed by atoms with Gasteiger partial charge in [-0.3, -0.25) is 4.79 Å². The number of hydrogen-bond acceptors (Lipinski definition) is 4. The Labute approximate surface area is 171 Å². The average Bonchev–Trinajstić information content (AvgIpc) is 3.05. The number of nitrogens with zero attached hydrogens (tertiary/aromatic N) is 1. The smallest absolute Gasteiger partial charge is 0.254 e. The standard InChI is InChI=1S/C21H24ClNO4S/c1-2-11-27-19-8-5-7-16(13-19)21(24)23(18-10-12-28(25,26)15-18)14-17-6-3-4-9-20(17)22/h3-9,13,18H,2,10-12,14-15H2,1H3. The first-order chi connectivity index (χ1) is 13.4. The molecule has 1 saturated heterocycles. The van der Waals surface area contributed by atoms with Crippen LogP contribution in [-0.2, 0) is 16.4 Å². The van der Waals surface area contributed by atoms with E-state index in [0.717, 1.165) is 12.0 Å². The summed E-state index contributed by atoms with van der Waals surface area (Å²) < 4.78 is 29.7. The first-order valence-corrected chi connectivity index (χ1v) is 11.6. The highest BCUT2D eigenvalue weighted by Gasteiger charge is 2.35. The van der Waals surface area contributed by atoms with Gasteiger partial charge in [-0.1, -0.05) is 42.8 Å². The molecule has 3 rings (SSSR count). The summed E-state index contributed by atoms with van der Waals surface area (Å²) in [6, 6.07) is 14.0. The first-order valence-electron chi connectivity index (χ1n) is 9.37. The van der Waals surface area contributed by atoms with Gasteiger partial charge in [0.1, 0.15) is 5.75 Å². The van der Waals surface area contributed by atoms with Crippen molar-refractivity contribution in [3.63, 3.8) is 0 Å². The molecule has 0 radical (unpaired) electrons. The van der Waals surface area contributed by atoms with Crippen LogP contribution < -0.4 is 4.74 Å². The van der Waals surface area contributed by atoms with Crippen molar-refractivity contribution in [2.24, 2.45) is 0 Å². The Hall–Kier alpha value is -2.05. The minimum absolute atomic E-state index is 0.0186. The summed E-state index contributed by atoms with van der Waals surface area (Å²) in [5.74, 6) is 0.493. The quantitative estimate of drug-likeness (QED) is 0.678. The Balaban J connectivity index is 1.90. The first kappa shape index (κ1) is 20.7. The Morgan fingerprint density at radius 3 is 2.68 bits per heavy atom. The highest BCUT2D eigenvalue weighted by atomic mass is 35.5. The van der Waals surface area contributed by atoms with Crippen LogP contribution in [0.4, 0.5) is 0 Å². The lowest BCUT2D eigenvalue weighted by molar-refractivity contribution is 0.0680. The van der Waals surface area contributed by atoms with E-state index in [1.54, 1.807) is 29.2 Å². The fourth-order valence-corrected chi connectivity index (χ4v) is 5.23. The molecule has 7 heteroatoms. The van der Waals surface area contributed by atoms with E-state index in [9.17, 15) is 13.2 Å². The molecule has 1 atom stereocenters. The Morgan fingerprint density at radius 2 is 2.00 bits per heavy atom. The normalized spacial score (nSPS) is 18.0. The number of benzene rings is 2. The number of carbonyl (C=O) groups excluding carboxylic acids is 1. The zero-order valence-electron chi connectivity index (χ0n) is 15.8. The van der Waals surface area contributed by atoms with Crippen molar-refractivity contribution in [1.29, 1.82) is 0 Å². The predicted octanol–water partition coefficient (Wildman–Crippen LogP) is 3.96. The number of halogens is 1. The van der Waals surface area contributed by atoms with Crippen molar-refractivity contribution >= 4 is 27.3 Å². The van der Waals surface area contributed by atoms with Crippen molar-refractivity contribution in [2.75, 3.05) is 18.1 Å². The molecule has 2 aromatic rings. The number of hydrogen-bond donors (Lipinski definition) is 0. The van der Waals surface area contributed by atoms with Gasteiger partial charge in [0.15, 0.2) is 9.84 Å². The molecule has 1 amide bonds. The molecule has 1 unspecified atom stereocenters. The van der Waals surface area contributed by atoms with E-state index >= 15 is 0 Å². The minimum atomic E-state index is -3.13. The molecule has 0 saturated carbocycles. The van der Waals surface area contributed by atoms with Gasteiger partial charge in [0.05, 0.1) is 18.1 Å². The Kier molecular flexibility index (Phi) is 6.62. The van der Waals surface area contributed by atoms with Crippen LogP contribution >= 0.6 is 11.6 Å². The second kappa shape index (κ2) is 8.97. The van der Waals surface area contributed by atoms with E-state index < -0.39 is 9.84 Å². The third-order valence-electron chi connectivity index (χ3n) is 4.76. The lowest BCUT2D eigenvalue weighted by Crippen LogP contribution is -2.40. The molecule has 1 aliphatic rings. The average molecular weight is 422 g/mol. The zero-order chi connectivity index (χ0) is 20.1. The molecule has 0 aromatic heterocycles. The molecule has 1 fully saturated rings. The monoisotopic (exact) mass is 421 g/mol. The van der Waals surface area contributed by atoms with Crippen molar-refractivity contribution in [2.45, 2.75) is 32.4 Å². The van der Waals surface area contributed by atoms with E-state index in [1.165, 1.54) is 0 Å². The molecule has 150 valence electrons. The fourth-order valence-electron chi connectivity index (χ4n) is 3.30. The van der Waals surface area contributed by atoms with Gasteiger partial charge in [-0.15, -0.1) is 0 Å². The van der Waals surface area contributed by atoms with Crippen LogP contribution in [-0.4, -0.2) is 43.4 Å². The second-order valence-corrected chi connectivity index (χ2v) is 9.59. The highest BCUT2D eigenvalue weighted by Crippen LogP contribution is 2.26. The number of ether oxygens (including phenoxy) is 1. The topological polar surface area (TPSA) is 63.7 Å². The summed E-state index contributed by atoms with van der Waals surface area (Å²) in [4.78, 5) is 14.9. The molecule has 0 aliphatic carbocycles. The van der Waals surface area contributed by atoms with Gasteiger partial charge >= 0.3 is 0 Å². The van der Waals surface area contributed by atoms with Crippen molar-refractivity contribution < 1.29 is 17.9 Å². The third kappa shape index (κ3) is 5.06. The molecule has 1 heterocycles. The molecule has 5 nitrogen and oxygen atoms in total. The molecule has 0 N–H and O–H groups in total. The number of sulfone groups is 1. The van der Waals surface area contributed by atoms with E-state index in [0.29, 0.717) is 29.4 Å². The molecule has 28 heavy (non-hydrogen) atoms. The summed E-state index contributed by atoms with van der Waals surface area (Å²) in [5.41, 5.74) is 1.27. The number of carbonyl (C=O) groups is 1. The maximum Gasteiger partial charge on any atom is 0.254 e.